The highest BCUT2D eigenvalue weighted by molar-refractivity contribution is 5.87. The molecular weight excluding hydrogens is 323 g/mol. The first kappa shape index (κ1) is 17.8. The molecule has 2 N–H and O–H groups in total. The van der Waals surface area contributed by atoms with Crippen molar-refractivity contribution in [1.29, 1.82) is 0 Å². The molecule has 2 aromatic rings. The van der Waals surface area contributed by atoms with E-state index in [1.165, 1.54) is 19.2 Å². The number of carbonyl (C=O) groups excluding carboxylic acids is 1. The number of ether oxygens (including phenoxy) is 1. The normalized spacial score (nSPS) is 13.9. The first-order chi connectivity index (χ1) is 11.3. The van der Waals surface area contributed by atoms with E-state index in [1.54, 1.807) is 30.3 Å². The number of amides is 1. The van der Waals surface area contributed by atoms with E-state index in [0.29, 0.717) is 11.3 Å². The second kappa shape index (κ2) is 6.92. The van der Waals surface area contributed by atoms with Crippen LogP contribution in [0.5, 0.6) is 5.75 Å². The summed E-state index contributed by atoms with van der Waals surface area (Å²) in [5.41, 5.74) is -3.61. The Hall–Kier alpha value is -2.54. The van der Waals surface area contributed by atoms with Crippen LogP contribution in [0.1, 0.15) is 11.1 Å². The standard InChI is InChI=1S/C17H16F3NO3/c1-24-14-9-7-13(8-10-14)16(23,17(18,19)20)15(22)21-11-12-5-3-2-4-6-12/h2-10,23H,11H2,1H3,(H,21,22). The summed E-state index contributed by atoms with van der Waals surface area (Å²) in [5, 5.41) is 12.3. The Labute approximate surface area is 136 Å². The molecule has 0 radical (unpaired) electrons. The average Bonchev–Trinajstić information content (AvgIpc) is 2.59. The maximum Gasteiger partial charge on any atom is 0.430 e. The molecule has 0 saturated carbocycles. The SMILES string of the molecule is COc1ccc(C(O)(C(=O)NCc2ccccc2)C(F)(F)F)cc1. The molecule has 0 saturated heterocycles. The molecule has 0 aromatic heterocycles. The summed E-state index contributed by atoms with van der Waals surface area (Å²) in [6.07, 6.45) is -5.18. The van der Waals surface area contributed by atoms with Gasteiger partial charge in [0.1, 0.15) is 5.75 Å². The molecule has 1 atom stereocenters. The van der Waals surface area contributed by atoms with Gasteiger partial charge in [0.05, 0.1) is 7.11 Å². The van der Waals surface area contributed by atoms with Crippen LogP contribution in [-0.4, -0.2) is 24.3 Å². The van der Waals surface area contributed by atoms with Gasteiger partial charge in [0.25, 0.3) is 11.5 Å². The van der Waals surface area contributed by atoms with Gasteiger partial charge < -0.3 is 15.2 Å². The number of carbonyl (C=O) groups is 1. The Morgan fingerprint density at radius 1 is 1.08 bits per heavy atom. The Bertz CT molecular complexity index is 686. The van der Waals surface area contributed by atoms with Crippen LogP contribution in [-0.2, 0) is 16.9 Å². The molecule has 0 bridgehead atoms. The first-order valence-corrected chi connectivity index (χ1v) is 7.05. The summed E-state index contributed by atoms with van der Waals surface area (Å²) in [6, 6.07) is 13.0. The van der Waals surface area contributed by atoms with Crippen LogP contribution in [0.2, 0.25) is 0 Å². The summed E-state index contributed by atoms with van der Waals surface area (Å²) >= 11 is 0. The molecule has 0 aliphatic heterocycles. The van der Waals surface area contributed by atoms with Crippen LogP contribution >= 0.6 is 0 Å². The number of rotatable bonds is 5. The zero-order valence-corrected chi connectivity index (χ0v) is 12.8. The van der Waals surface area contributed by atoms with Crippen molar-refractivity contribution >= 4 is 5.91 Å². The quantitative estimate of drug-likeness (QED) is 0.881. The smallest absolute Gasteiger partial charge is 0.430 e. The predicted octanol–water partition coefficient (Wildman–Crippen LogP) is 2.76. The number of hydrogen-bond acceptors (Lipinski definition) is 3. The molecule has 0 aliphatic rings. The van der Waals surface area contributed by atoms with Gasteiger partial charge in [-0.25, -0.2) is 0 Å². The fourth-order valence-corrected chi connectivity index (χ4v) is 2.16. The maximum atomic E-state index is 13.4. The van der Waals surface area contributed by atoms with Gasteiger partial charge in [-0.1, -0.05) is 42.5 Å². The lowest BCUT2D eigenvalue weighted by Gasteiger charge is -2.29. The maximum absolute atomic E-state index is 13.4. The number of halogens is 3. The van der Waals surface area contributed by atoms with Crippen molar-refractivity contribution in [3.8, 4) is 5.75 Å². The molecule has 1 unspecified atom stereocenters. The third-order valence-corrected chi connectivity index (χ3v) is 3.54. The van der Waals surface area contributed by atoms with Crippen molar-refractivity contribution < 1.29 is 27.8 Å². The molecule has 4 nitrogen and oxygen atoms in total. The fourth-order valence-electron chi connectivity index (χ4n) is 2.16. The largest absolute Gasteiger partial charge is 0.497 e. The van der Waals surface area contributed by atoms with Crippen LogP contribution < -0.4 is 10.1 Å². The van der Waals surface area contributed by atoms with E-state index in [4.69, 9.17) is 4.74 Å². The molecule has 128 valence electrons. The number of hydrogen-bond donors (Lipinski definition) is 2. The minimum Gasteiger partial charge on any atom is -0.497 e. The molecular formula is C17H16F3NO3. The highest BCUT2D eigenvalue weighted by Crippen LogP contribution is 2.39. The summed E-state index contributed by atoms with van der Waals surface area (Å²) in [4.78, 5) is 12.1. The summed E-state index contributed by atoms with van der Waals surface area (Å²) in [6.45, 7) is -0.131. The van der Waals surface area contributed by atoms with E-state index in [9.17, 15) is 23.1 Å². The number of benzene rings is 2. The van der Waals surface area contributed by atoms with Crippen LogP contribution in [0.25, 0.3) is 0 Å². The Kier molecular flexibility index (Phi) is 5.14. The van der Waals surface area contributed by atoms with Gasteiger partial charge in [-0.3, -0.25) is 4.79 Å². The lowest BCUT2D eigenvalue weighted by Crippen LogP contribution is -2.54. The third kappa shape index (κ3) is 3.51. The fraction of sp³-hybridized carbons (Fsp3) is 0.235. The monoisotopic (exact) mass is 339 g/mol. The third-order valence-electron chi connectivity index (χ3n) is 3.54. The van der Waals surface area contributed by atoms with Crippen molar-refractivity contribution in [3.63, 3.8) is 0 Å². The van der Waals surface area contributed by atoms with Gasteiger partial charge in [-0.05, 0) is 17.7 Å². The Balaban J connectivity index is 2.27. The molecule has 0 fully saturated rings. The van der Waals surface area contributed by atoms with E-state index in [2.05, 4.69) is 5.32 Å². The molecule has 2 rings (SSSR count). The van der Waals surface area contributed by atoms with Crippen LogP contribution in [0.3, 0.4) is 0 Å². The summed E-state index contributed by atoms with van der Waals surface area (Å²) < 4.78 is 45.1. The van der Waals surface area contributed by atoms with Crippen molar-refractivity contribution in [1.82, 2.24) is 5.32 Å². The van der Waals surface area contributed by atoms with E-state index >= 15 is 0 Å². The Morgan fingerprint density at radius 2 is 1.67 bits per heavy atom. The molecule has 7 heteroatoms. The molecule has 0 spiro atoms. The summed E-state index contributed by atoms with van der Waals surface area (Å²) in [7, 11) is 1.36. The minimum absolute atomic E-state index is 0.131. The van der Waals surface area contributed by atoms with E-state index < -0.39 is 23.2 Å². The van der Waals surface area contributed by atoms with Gasteiger partial charge in [-0.2, -0.15) is 13.2 Å². The average molecular weight is 339 g/mol. The predicted molar refractivity (Wildman–Crippen MR) is 81.2 cm³/mol. The van der Waals surface area contributed by atoms with Gasteiger partial charge in [-0.15, -0.1) is 0 Å². The molecule has 1 amide bonds. The van der Waals surface area contributed by atoms with Gasteiger partial charge >= 0.3 is 6.18 Å². The van der Waals surface area contributed by atoms with Gasteiger partial charge in [0.15, 0.2) is 0 Å². The second-order valence-electron chi connectivity index (χ2n) is 5.10. The molecule has 2 aromatic carbocycles. The van der Waals surface area contributed by atoms with Crippen molar-refractivity contribution in [2.45, 2.75) is 18.3 Å². The van der Waals surface area contributed by atoms with Crippen LogP contribution in [0.15, 0.2) is 54.6 Å². The highest BCUT2D eigenvalue weighted by Gasteiger charge is 2.60. The number of alkyl halides is 3. The lowest BCUT2D eigenvalue weighted by atomic mass is 9.92. The topological polar surface area (TPSA) is 58.6 Å². The number of methoxy groups -OCH3 is 1. The highest BCUT2D eigenvalue weighted by atomic mass is 19.4. The van der Waals surface area contributed by atoms with Crippen molar-refractivity contribution in [2.75, 3.05) is 7.11 Å². The molecule has 0 aliphatic carbocycles. The number of nitrogens with one attached hydrogen (secondary N) is 1. The first-order valence-electron chi connectivity index (χ1n) is 7.05. The Morgan fingerprint density at radius 3 is 2.17 bits per heavy atom. The van der Waals surface area contributed by atoms with Crippen LogP contribution in [0, 0.1) is 0 Å². The zero-order chi connectivity index (χ0) is 17.8. The molecule has 0 heterocycles. The second-order valence-corrected chi connectivity index (χ2v) is 5.10. The molecule has 24 heavy (non-hydrogen) atoms. The van der Waals surface area contributed by atoms with Gasteiger partial charge in [0, 0.05) is 12.1 Å². The minimum atomic E-state index is -5.18. The van der Waals surface area contributed by atoms with E-state index in [1.807, 2.05) is 0 Å². The van der Waals surface area contributed by atoms with Crippen molar-refractivity contribution in [2.24, 2.45) is 0 Å². The van der Waals surface area contributed by atoms with Crippen LogP contribution in [0.4, 0.5) is 13.2 Å². The van der Waals surface area contributed by atoms with Crippen molar-refractivity contribution in [3.05, 3.63) is 65.7 Å². The van der Waals surface area contributed by atoms with Gasteiger partial charge in [0.2, 0.25) is 0 Å². The lowest BCUT2D eigenvalue weighted by molar-refractivity contribution is -0.257. The van der Waals surface area contributed by atoms with E-state index in [0.717, 1.165) is 12.1 Å². The zero-order valence-electron chi connectivity index (χ0n) is 12.8. The van der Waals surface area contributed by atoms with E-state index in [-0.39, 0.29) is 6.54 Å². The summed E-state index contributed by atoms with van der Waals surface area (Å²) in [5.74, 6) is -1.23. The number of aliphatic hydroxyl groups is 1.